The quantitative estimate of drug-likeness (QED) is 0.865. The summed E-state index contributed by atoms with van der Waals surface area (Å²) in [5.74, 6) is -1.38. The summed E-state index contributed by atoms with van der Waals surface area (Å²) in [6.45, 7) is 1.60. The van der Waals surface area contributed by atoms with E-state index in [0.717, 1.165) is 25.7 Å². The van der Waals surface area contributed by atoms with Gasteiger partial charge in [0.1, 0.15) is 11.4 Å². The Hall–Kier alpha value is -1.42. The van der Waals surface area contributed by atoms with Crippen molar-refractivity contribution in [1.29, 1.82) is 0 Å². The van der Waals surface area contributed by atoms with Crippen molar-refractivity contribution < 1.29 is 14.3 Å². The Kier molecular flexibility index (Phi) is 3.66. The van der Waals surface area contributed by atoms with Crippen LogP contribution < -0.4 is 5.32 Å². The Balaban J connectivity index is 2.28. The molecule has 3 nitrogen and oxygen atoms in total. The van der Waals surface area contributed by atoms with E-state index in [-0.39, 0.29) is 6.04 Å². The largest absolute Gasteiger partial charge is 0.480 e. The number of hydrogen-bond donors (Lipinski definition) is 2. The molecule has 1 aliphatic rings. The molecule has 0 heterocycles. The van der Waals surface area contributed by atoms with Gasteiger partial charge in [-0.15, -0.1) is 0 Å². The molecule has 0 saturated heterocycles. The van der Waals surface area contributed by atoms with Gasteiger partial charge in [-0.05, 0) is 37.5 Å². The summed E-state index contributed by atoms with van der Waals surface area (Å²) in [6, 6.07) is 6.01. The molecule has 1 aliphatic carbocycles. The van der Waals surface area contributed by atoms with Crippen LogP contribution in [-0.2, 0) is 10.3 Å². The molecule has 1 unspecified atom stereocenters. The number of carbonyl (C=O) groups is 1. The third-order valence-electron chi connectivity index (χ3n) is 3.68. The highest BCUT2D eigenvalue weighted by Gasteiger charge is 2.37. The van der Waals surface area contributed by atoms with Crippen molar-refractivity contribution in [2.45, 2.75) is 44.2 Å². The van der Waals surface area contributed by atoms with Gasteiger partial charge in [-0.3, -0.25) is 5.32 Å². The SMILES string of the molecule is CC(NC1CCCC1)(C(=O)O)c1cccc(F)c1. The van der Waals surface area contributed by atoms with Crippen molar-refractivity contribution >= 4 is 5.97 Å². The van der Waals surface area contributed by atoms with E-state index in [1.165, 1.54) is 12.1 Å². The summed E-state index contributed by atoms with van der Waals surface area (Å²) in [5.41, 5.74) is -0.765. The highest BCUT2D eigenvalue weighted by atomic mass is 19.1. The predicted molar refractivity (Wildman–Crippen MR) is 66.8 cm³/mol. The molecule has 0 bridgehead atoms. The van der Waals surface area contributed by atoms with E-state index < -0.39 is 17.3 Å². The number of nitrogens with one attached hydrogen (secondary N) is 1. The molecule has 2 rings (SSSR count). The Morgan fingerprint density at radius 3 is 2.67 bits per heavy atom. The molecule has 1 aromatic carbocycles. The van der Waals surface area contributed by atoms with Gasteiger partial charge in [0, 0.05) is 6.04 Å². The van der Waals surface area contributed by atoms with Crippen molar-refractivity contribution in [3.05, 3.63) is 35.6 Å². The molecule has 1 saturated carbocycles. The van der Waals surface area contributed by atoms with Crippen LogP contribution >= 0.6 is 0 Å². The average Bonchev–Trinajstić information content (AvgIpc) is 2.81. The zero-order valence-corrected chi connectivity index (χ0v) is 10.4. The third-order valence-corrected chi connectivity index (χ3v) is 3.68. The van der Waals surface area contributed by atoms with Crippen LogP contribution in [0.25, 0.3) is 0 Å². The van der Waals surface area contributed by atoms with Crippen LogP contribution in [0, 0.1) is 5.82 Å². The number of halogens is 1. The second-order valence-corrected chi connectivity index (χ2v) is 5.07. The monoisotopic (exact) mass is 251 g/mol. The van der Waals surface area contributed by atoms with E-state index >= 15 is 0 Å². The fraction of sp³-hybridized carbons (Fsp3) is 0.500. The molecule has 0 aliphatic heterocycles. The molecule has 0 aromatic heterocycles. The normalized spacial score (nSPS) is 19.7. The zero-order valence-electron chi connectivity index (χ0n) is 10.4. The van der Waals surface area contributed by atoms with Gasteiger partial charge >= 0.3 is 5.97 Å². The Bertz CT molecular complexity index is 443. The molecule has 1 aromatic rings. The van der Waals surface area contributed by atoms with E-state index in [4.69, 9.17) is 0 Å². The summed E-state index contributed by atoms with van der Waals surface area (Å²) in [6.07, 6.45) is 4.21. The lowest BCUT2D eigenvalue weighted by Crippen LogP contribution is -2.50. The van der Waals surface area contributed by atoms with Crippen molar-refractivity contribution in [3.63, 3.8) is 0 Å². The van der Waals surface area contributed by atoms with Crippen molar-refractivity contribution in [2.75, 3.05) is 0 Å². The summed E-state index contributed by atoms with van der Waals surface area (Å²) in [4.78, 5) is 11.5. The van der Waals surface area contributed by atoms with Crippen LogP contribution in [0.4, 0.5) is 4.39 Å². The fourth-order valence-electron chi connectivity index (χ4n) is 2.55. The van der Waals surface area contributed by atoms with E-state index in [1.54, 1.807) is 19.1 Å². The first-order chi connectivity index (χ1) is 8.52. The summed E-state index contributed by atoms with van der Waals surface area (Å²) < 4.78 is 13.3. The van der Waals surface area contributed by atoms with Crippen molar-refractivity contribution in [2.24, 2.45) is 0 Å². The van der Waals surface area contributed by atoms with Crippen LogP contribution in [0.1, 0.15) is 38.2 Å². The Labute approximate surface area is 106 Å². The molecular weight excluding hydrogens is 233 g/mol. The molecule has 0 radical (unpaired) electrons. The maximum Gasteiger partial charge on any atom is 0.328 e. The lowest BCUT2D eigenvalue weighted by atomic mass is 9.90. The van der Waals surface area contributed by atoms with E-state index in [9.17, 15) is 14.3 Å². The first-order valence-corrected chi connectivity index (χ1v) is 6.29. The second kappa shape index (κ2) is 5.06. The van der Waals surface area contributed by atoms with E-state index in [1.807, 2.05) is 0 Å². The van der Waals surface area contributed by atoms with E-state index in [2.05, 4.69) is 5.32 Å². The first-order valence-electron chi connectivity index (χ1n) is 6.29. The lowest BCUT2D eigenvalue weighted by Gasteiger charge is -2.30. The van der Waals surface area contributed by atoms with Crippen molar-refractivity contribution in [1.82, 2.24) is 5.32 Å². The summed E-state index contributed by atoms with van der Waals surface area (Å²) in [5, 5.41) is 12.6. The van der Waals surface area contributed by atoms with Gasteiger partial charge in [0.2, 0.25) is 0 Å². The van der Waals surface area contributed by atoms with Crippen LogP contribution in [0.2, 0.25) is 0 Å². The number of carboxylic acid groups (broad SMARTS) is 1. The number of aliphatic carboxylic acids is 1. The molecule has 4 heteroatoms. The highest BCUT2D eigenvalue weighted by molar-refractivity contribution is 5.80. The maximum atomic E-state index is 13.3. The fourth-order valence-corrected chi connectivity index (χ4v) is 2.55. The minimum absolute atomic E-state index is 0.203. The Morgan fingerprint density at radius 1 is 1.44 bits per heavy atom. The van der Waals surface area contributed by atoms with Crippen molar-refractivity contribution in [3.8, 4) is 0 Å². The average molecular weight is 251 g/mol. The van der Waals surface area contributed by atoms with Gasteiger partial charge in [0.15, 0.2) is 0 Å². The minimum Gasteiger partial charge on any atom is -0.480 e. The number of carboxylic acids is 1. The lowest BCUT2D eigenvalue weighted by molar-refractivity contribution is -0.145. The van der Waals surface area contributed by atoms with Crippen LogP contribution in [0.15, 0.2) is 24.3 Å². The van der Waals surface area contributed by atoms with Gasteiger partial charge in [-0.2, -0.15) is 0 Å². The zero-order chi connectivity index (χ0) is 13.2. The maximum absolute atomic E-state index is 13.3. The molecule has 0 amide bonds. The van der Waals surface area contributed by atoms with Crippen LogP contribution in [-0.4, -0.2) is 17.1 Å². The van der Waals surface area contributed by atoms with Crippen LogP contribution in [0.5, 0.6) is 0 Å². The van der Waals surface area contributed by atoms with Gasteiger partial charge in [0.25, 0.3) is 0 Å². The second-order valence-electron chi connectivity index (χ2n) is 5.07. The smallest absolute Gasteiger partial charge is 0.328 e. The number of hydrogen-bond acceptors (Lipinski definition) is 2. The Morgan fingerprint density at radius 2 is 2.11 bits per heavy atom. The minimum atomic E-state index is -1.23. The van der Waals surface area contributed by atoms with Gasteiger partial charge in [-0.1, -0.05) is 25.0 Å². The molecular formula is C14H18FNO2. The first kappa shape index (κ1) is 13.0. The molecule has 1 fully saturated rings. The topological polar surface area (TPSA) is 49.3 Å². The summed E-state index contributed by atoms with van der Waals surface area (Å²) in [7, 11) is 0. The summed E-state index contributed by atoms with van der Waals surface area (Å²) >= 11 is 0. The predicted octanol–water partition coefficient (Wildman–Crippen LogP) is 2.66. The molecule has 2 N–H and O–H groups in total. The van der Waals surface area contributed by atoms with Crippen LogP contribution in [0.3, 0.4) is 0 Å². The van der Waals surface area contributed by atoms with Gasteiger partial charge in [0.05, 0.1) is 0 Å². The standard InChI is InChI=1S/C14H18FNO2/c1-14(13(17)18,16-12-7-2-3-8-12)10-5-4-6-11(15)9-10/h4-6,9,12,16H,2-3,7-8H2,1H3,(H,17,18). The molecule has 98 valence electrons. The number of benzene rings is 1. The molecule has 1 atom stereocenters. The van der Waals surface area contributed by atoms with Gasteiger partial charge < -0.3 is 5.11 Å². The third kappa shape index (κ3) is 2.53. The van der Waals surface area contributed by atoms with Gasteiger partial charge in [-0.25, -0.2) is 9.18 Å². The van der Waals surface area contributed by atoms with E-state index in [0.29, 0.717) is 5.56 Å². The number of rotatable bonds is 4. The molecule has 18 heavy (non-hydrogen) atoms. The highest BCUT2D eigenvalue weighted by Crippen LogP contribution is 2.27. The molecule has 0 spiro atoms.